The van der Waals surface area contributed by atoms with Gasteiger partial charge in [-0.15, -0.1) is 0 Å². The fourth-order valence-corrected chi connectivity index (χ4v) is 4.01. The van der Waals surface area contributed by atoms with Crippen LogP contribution in [-0.2, 0) is 16.4 Å². The van der Waals surface area contributed by atoms with Crippen LogP contribution >= 0.6 is 11.6 Å². The average molecular weight is 447 g/mol. The van der Waals surface area contributed by atoms with E-state index < -0.39 is 15.9 Å². The molecule has 2 N–H and O–H groups in total. The zero-order valence-electron chi connectivity index (χ0n) is 16.2. The van der Waals surface area contributed by atoms with Gasteiger partial charge < -0.3 is 5.32 Å². The Morgan fingerprint density at radius 1 is 1.00 bits per heavy atom. The van der Waals surface area contributed by atoms with Crippen LogP contribution in [0, 0.1) is 12.7 Å². The monoisotopic (exact) mass is 446 g/mol. The largest absolute Gasteiger partial charge is 0.352 e. The van der Waals surface area contributed by atoms with E-state index in [0.717, 1.165) is 11.1 Å². The molecule has 3 aromatic rings. The number of hydrogen-bond donors (Lipinski definition) is 2. The van der Waals surface area contributed by atoms with Crippen molar-refractivity contribution in [2.75, 3.05) is 11.3 Å². The molecule has 3 rings (SSSR count). The molecule has 156 valence electrons. The Morgan fingerprint density at radius 3 is 2.33 bits per heavy atom. The molecule has 0 bridgehead atoms. The Morgan fingerprint density at radius 2 is 1.67 bits per heavy atom. The predicted molar refractivity (Wildman–Crippen MR) is 116 cm³/mol. The quantitative estimate of drug-likeness (QED) is 0.558. The number of amides is 1. The molecule has 0 aliphatic rings. The van der Waals surface area contributed by atoms with Crippen molar-refractivity contribution in [2.45, 2.75) is 18.2 Å². The first-order valence-electron chi connectivity index (χ1n) is 9.16. The second-order valence-corrected chi connectivity index (χ2v) is 8.84. The Balaban J connectivity index is 1.68. The maximum Gasteiger partial charge on any atom is 0.261 e. The molecular formula is C22H20ClFN2O3S. The van der Waals surface area contributed by atoms with Crippen molar-refractivity contribution in [3.05, 3.63) is 94.3 Å². The Labute approximate surface area is 179 Å². The van der Waals surface area contributed by atoms with Gasteiger partial charge in [-0.05, 0) is 61.4 Å². The molecule has 0 saturated heterocycles. The number of halogens is 2. The summed E-state index contributed by atoms with van der Waals surface area (Å²) in [6.45, 7) is 2.18. The zero-order valence-corrected chi connectivity index (χ0v) is 17.7. The van der Waals surface area contributed by atoms with Gasteiger partial charge in [0.1, 0.15) is 5.82 Å². The first kappa shape index (κ1) is 21.8. The summed E-state index contributed by atoms with van der Waals surface area (Å²) in [7, 11) is -3.80. The first-order chi connectivity index (χ1) is 14.2. The minimum Gasteiger partial charge on any atom is -0.352 e. The van der Waals surface area contributed by atoms with Crippen molar-refractivity contribution in [3.8, 4) is 0 Å². The van der Waals surface area contributed by atoms with Crippen molar-refractivity contribution in [3.63, 3.8) is 0 Å². The normalized spacial score (nSPS) is 11.2. The maximum atomic E-state index is 13.0. The summed E-state index contributed by atoms with van der Waals surface area (Å²) in [6, 6.07) is 16.8. The molecule has 0 fully saturated rings. The molecule has 30 heavy (non-hydrogen) atoms. The minimum absolute atomic E-state index is 0.119. The highest BCUT2D eigenvalue weighted by Gasteiger charge is 2.16. The van der Waals surface area contributed by atoms with Crippen molar-refractivity contribution < 1.29 is 17.6 Å². The zero-order chi connectivity index (χ0) is 21.7. The summed E-state index contributed by atoms with van der Waals surface area (Å²) in [4.78, 5) is 12.6. The van der Waals surface area contributed by atoms with Crippen molar-refractivity contribution in [1.29, 1.82) is 0 Å². The lowest BCUT2D eigenvalue weighted by atomic mass is 10.1. The number of anilines is 1. The van der Waals surface area contributed by atoms with Crippen molar-refractivity contribution in [2.24, 2.45) is 0 Å². The van der Waals surface area contributed by atoms with E-state index in [9.17, 15) is 17.6 Å². The lowest BCUT2D eigenvalue weighted by molar-refractivity contribution is 0.0954. The van der Waals surface area contributed by atoms with E-state index in [1.165, 1.54) is 42.5 Å². The molecule has 0 aliphatic carbocycles. The van der Waals surface area contributed by atoms with Gasteiger partial charge in [0.05, 0.1) is 15.5 Å². The molecule has 0 radical (unpaired) electrons. The highest BCUT2D eigenvalue weighted by atomic mass is 35.5. The second-order valence-electron chi connectivity index (χ2n) is 6.75. The third-order valence-corrected chi connectivity index (χ3v) is 6.13. The molecule has 0 aliphatic heterocycles. The summed E-state index contributed by atoms with van der Waals surface area (Å²) in [6.07, 6.45) is 0.517. The van der Waals surface area contributed by atoms with E-state index in [4.69, 9.17) is 11.6 Å². The van der Waals surface area contributed by atoms with E-state index in [0.29, 0.717) is 13.0 Å². The number of hydrogen-bond acceptors (Lipinski definition) is 3. The highest BCUT2D eigenvalue weighted by molar-refractivity contribution is 7.92. The van der Waals surface area contributed by atoms with Crippen LogP contribution in [0.15, 0.2) is 71.6 Å². The van der Waals surface area contributed by atoms with Crippen LogP contribution in [0.25, 0.3) is 0 Å². The van der Waals surface area contributed by atoms with Gasteiger partial charge in [0.2, 0.25) is 0 Å². The van der Waals surface area contributed by atoms with Gasteiger partial charge in [-0.1, -0.05) is 41.4 Å². The minimum atomic E-state index is -3.80. The molecule has 0 heterocycles. The molecular weight excluding hydrogens is 427 g/mol. The fraction of sp³-hybridized carbons (Fsp3) is 0.136. The number of nitrogens with one attached hydrogen (secondary N) is 2. The van der Waals surface area contributed by atoms with Gasteiger partial charge in [-0.2, -0.15) is 0 Å². The third kappa shape index (κ3) is 5.58. The van der Waals surface area contributed by atoms with E-state index in [2.05, 4.69) is 10.0 Å². The Kier molecular flexibility index (Phi) is 6.74. The Hall–Kier alpha value is -2.90. The maximum absolute atomic E-state index is 13.0. The predicted octanol–water partition coefficient (Wildman–Crippen LogP) is 4.56. The molecule has 3 aromatic carbocycles. The van der Waals surface area contributed by atoms with Gasteiger partial charge in [0.25, 0.3) is 15.9 Å². The van der Waals surface area contributed by atoms with Crippen LogP contribution < -0.4 is 10.0 Å². The third-order valence-electron chi connectivity index (χ3n) is 4.41. The van der Waals surface area contributed by atoms with Crippen LogP contribution in [-0.4, -0.2) is 20.9 Å². The molecule has 1 amide bonds. The molecule has 5 nitrogen and oxygen atoms in total. The smallest absolute Gasteiger partial charge is 0.261 e. The number of sulfonamides is 1. The number of benzene rings is 3. The van der Waals surface area contributed by atoms with E-state index in [1.807, 2.05) is 6.92 Å². The Bertz CT molecular complexity index is 1150. The van der Waals surface area contributed by atoms with Crippen molar-refractivity contribution in [1.82, 2.24) is 5.32 Å². The molecule has 0 atom stereocenters. The molecule has 0 spiro atoms. The van der Waals surface area contributed by atoms with E-state index in [-0.39, 0.29) is 27.0 Å². The van der Waals surface area contributed by atoms with Crippen LogP contribution in [0.2, 0.25) is 5.02 Å². The van der Waals surface area contributed by atoms with E-state index >= 15 is 0 Å². The lowest BCUT2D eigenvalue weighted by Crippen LogP contribution is -2.26. The van der Waals surface area contributed by atoms with Crippen LogP contribution in [0.3, 0.4) is 0 Å². The molecule has 8 heteroatoms. The second kappa shape index (κ2) is 9.28. The SMILES string of the molecule is Cc1ccc(S(=O)(=O)Nc2ccc(Cl)c(C(=O)NCCc3ccc(F)cc3)c2)cc1. The van der Waals surface area contributed by atoms with Crippen molar-refractivity contribution >= 4 is 33.2 Å². The van der Waals surface area contributed by atoms with Gasteiger partial charge in [-0.25, -0.2) is 12.8 Å². The number of aryl methyl sites for hydroxylation is 1. The summed E-state index contributed by atoms with van der Waals surface area (Å²) >= 11 is 6.13. The highest BCUT2D eigenvalue weighted by Crippen LogP contribution is 2.23. The topological polar surface area (TPSA) is 75.3 Å². The standard InChI is InChI=1S/C22H20ClFN2O3S/c1-15-2-9-19(10-3-15)30(28,29)26-18-8-11-21(23)20(14-18)22(27)25-13-12-16-4-6-17(24)7-5-16/h2-11,14,26H,12-13H2,1H3,(H,25,27). The number of carbonyl (C=O) groups excluding carboxylic acids is 1. The number of rotatable bonds is 7. The molecule has 0 saturated carbocycles. The molecule has 0 unspecified atom stereocenters. The lowest BCUT2D eigenvalue weighted by Gasteiger charge is -2.11. The fourth-order valence-electron chi connectivity index (χ4n) is 2.76. The summed E-state index contributed by atoms with van der Waals surface area (Å²) < 4.78 is 40.5. The summed E-state index contributed by atoms with van der Waals surface area (Å²) in [5, 5.41) is 2.94. The van der Waals surface area contributed by atoms with Gasteiger partial charge >= 0.3 is 0 Å². The number of carbonyl (C=O) groups is 1. The van der Waals surface area contributed by atoms with Crippen LogP contribution in [0.1, 0.15) is 21.5 Å². The van der Waals surface area contributed by atoms with Gasteiger partial charge in [0, 0.05) is 12.2 Å². The van der Waals surface area contributed by atoms with E-state index in [1.54, 1.807) is 24.3 Å². The average Bonchev–Trinajstić information content (AvgIpc) is 2.71. The molecule has 0 aromatic heterocycles. The summed E-state index contributed by atoms with van der Waals surface area (Å²) in [5.74, 6) is -0.752. The van der Waals surface area contributed by atoms with Gasteiger partial charge in [-0.3, -0.25) is 9.52 Å². The van der Waals surface area contributed by atoms with Crippen LogP contribution in [0.4, 0.5) is 10.1 Å². The first-order valence-corrected chi connectivity index (χ1v) is 11.0. The summed E-state index contributed by atoms with van der Waals surface area (Å²) in [5.41, 5.74) is 2.20. The van der Waals surface area contributed by atoms with Gasteiger partial charge in [0.15, 0.2) is 0 Å². The van der Waals surface area contributed by atoms with Crippen LogP contribution in [0.5, 0.6) is 0 Å².